The zero-order valence-electron chi connectivity index (χ0n) is 8.60. The molecule has 0 radical (unpaired) electrons. The second-order valence-electron chi connectivity index (χ2n) is 3.26. The standard InChI is InChI=1S/C10H8F2N2O2/c1-4-7(11)8(12)5-3-6(10(15)16-2)14-9(5)13-4/h3H,1-2H3,(H,13,14). The van der Waals surface area contributed by atoms with Gasteiger partial charge in [0.25, 0.3) is 0 Å². The molecule has 6 heteroatoms. The Kier molecular flexibility index (Phi) is 2.34. The number of esters is 1. The Bertz CT molecular complexity index is 578. The Balaban J connectivity index is 2.71. The molecule has 4 nitrogen and oxygen atoms in total. The van der Waals surface area contributed by atoms with Crippen LogP contribution in [-0.4, -0.2) is 23.0 Å². The van der Waals surface area contributed by atoms with Gasteiger partial charge in [-0.25, -0.2) is 18.6 Å². The van der Waals surface area contributed by atoms with E-state index >= 15 is 0 Å². The summed E-state index contributed by atoms with van der Waals surface area (Å²) in [7, 11) is 1.20. The molecule has 0 saturated heterocycles. The zero-order valence-corrected chi connectivity index (χ0v) is 8.60. The minimum atomic E-state index is -1.02. The fraction of sp³-hybridized carbons (Fsp3) is 0.200. The maximum absolute atomic E-state index is 13.5. The van der Waals surface area contributed by atoms with Gasteiger partial charge in [-0.3, -0.25) is 0 Å². The lowest BCUT2D eigenvalue weighted by Gasteiger charge is -1.97. The minimum absolute atomic E-state index is 0.0360. The molecule has 1 N–H and O–H groups in total. The third kappa shape index (κ3) is 1.42. The van der Waals surface area contributed by atoms with Crippen molar-refractivity contribution < 1.29 is 18.3 Å². The third-order valence-electron chi connectivity index (χ3n) is 2.23. The summed E-state index contributed by atoms with van der Waals surface area (Å²) in [6, 6.07) is 1.17. The number of ether oxygens (including phenoxy) is 1. The first-order valence-electron chi connectivity index (χ1n) is 4.47. The van der Waals surface area contributed by atoms with Crippen LogP contribution in [0.1, 0.15) is 16.2 Å². The second-order valence-corrected chi connectivity index (χ2v) is 3.26. The van der Waals surface area contributed by atoms with E-state index in [1.54, 1.807) is 0 Å². The molecule has 0 saturated carbocycles. The SMILES string of the molecule is COC(=O)c1cc2c(F)c(F)c(C)nc2[nH]1. The molecule has 16 heavy (non-hydrogen) atoms. The van der Waals surface area contributed by atoms with Gasteiger partial charge in [-0.1, -0.05) is 0 Å². The summed E-state index contributed by atoms with van der Waals surface area (Å²) in [6.45, 7) is 1.34. The van der Waals surface area contributed by atoms with Gasteiger partial charge in [0.1, 0.15) is 11.3 Å². The normalized spacial score (nSPS) is 10.8. The first-order chi connectivity index (χ1) is 7.54. The van der Waals surface area contributed by atoms with Gasteiger partial charge in [-0.05, 0) is 13.0 Å². The molecule has 0 aliphatic carbocycles. The van der Waals surface area contributed by atoms with Crippen LogP contribution in [0.25, 0.3) is 11.0 Å². The number of H-pyrrole nitrogens is 1. The van der Waals surface area contributed by atoms with E-state index in [9.17, 15) is 13.6 Å². The minimum Gasteiger partial charge on any atom is -0.464 e. The van der Waals surface area contributed by atoms with Gasteiger partial charge in [0.2, 0.25) is 0 Å². The van der Waals surface area contributed by atoms with Crippen LogP contribution in [-0.2, 0) is 4.74 Å². The van der Waals surface area contributed by atoms with Gasteiger partial charge >= 0.3 is 5.97 Å². The number of rotatable bonds is 1. The molecule has 0 aliphatic heterocycles. The van der Waals surface area contributed by atoms with Gasteiger partial charge in [0.15, 0.2) is 11.6 Å². The Morgan fingerprint density at radius 3 is 2.75 bits per heavy atom. The number of aryl methyl sites for hydroxylation is 1. The van der Waals surface area contributed by atoms with Crippen LogP contribution >= 0.6 is 0 Å². The van der Waals surface area contributed by atoms with Crippen LogP contribution in [0.15, 0.2) is 6.07 Å². The summed E-state index contributed by atoms with van der Waals surface area (Å²) < 4.78 is 31.1. The molecule has 2 aromatic rings. The van der Waals surface area contributed by atoms with E-state index in [0.717, 1.165) is 0 Å². The molecule has 84 valence electrons. The Hall–Kier alpha value is -1.98. The molecule has 2 rings (SSSR count). The van der Waals surface area contributed by atoms with Crippen LogP contribution < -0.4 is 0 Å². The maximum atomic E-state index is 13.5. The van der Waals surface area contributed by atoms with Crippen molar-refractivity contribution >= 4 is 17.0 Å². The predicted octanol–water partition coefficient (Wildman–Crippen LogP) is 1.94. The highest BCUT2D eigenvalue weighted by molar-refractivity contribution is 5.93. The lowest BCUT2D eigenvalue weighted by Crippen LogP contribution is -2.00. The Morgan fingerprint density at radius 1 is 1.44 bits per heavy atom. The number of halogens is 2. The number of hydrogen-bond donors (Lipinski definition) is 1. The Labute approximate surface area is 89.2 Å². The monoisotopic (exact) mass is 226 g/mol. The highest BCUT2D eigenvalue weighted by Crippen LogP contribution is 2.21. The summed E-state index contributed by atoms with van der Waals surface area (Å²) in [5.74, 6) is -2.69. The quantitative estimate of drug-likeness (QED) is 0.756. The Morgan fingerprint density at radius 2 is 2.12 bits per heavy atom. The van der Waals surface area contributed by atoms with E-state index in [-0.39, 0.29) is 22.4 Å². The van der Waals surface area contributed by atoms with E-state index in [0.29, 0.717) is 0 Å². The van der Waals surface area contributed by atoms with Gasteiger partial charge in [-0.15, -0.1) is 0 Å². The van der Waals surface area contributed by atoms with Gasteiger partial charge < -0.3 is 9.72 Å². The summed E-state index contributed by atoms with van der Waals surface area (Å²) >= 11 is 0. The molecule has 0 aromatic carbocycles. The number of hydrogen-bond acceptors (Lipinski definition) is 3. The highest BCUT2D eigenvalue weighted by Gasteiger charge is 2.17. The van der Waals surface area contributed by atoms with Crippen molar-refractivity contribution in [1.82, 2.24) is 9.97 Å². The molecule has 0 atom stereocenters. The van der Waals surface area contributed by atoms with Gasteiger partial charge in [-0.2, -0.15) is 0 Å². The molecule has 2 heterocycles. The van der Waals surface area contributed by atoms with Crippen LogP contribution in [0.2, 0.25) is 0 Å². The maximum Gasteiger partial charge on any atom is 0.354 e. The lowest BCUT2D eigenvalue weighted by molar-refractivity contribution is 0.0595. The fourth-order valence-electron chi connectivity index (χ4n) is 1.41. The summed E-state index contributed by atoms with van der Waals surface area (Å²) in [6.07, 6.45) is 0. The van der Waals surface area contributed by atoms with E-state index in [1.807, 2.05) is 0 Å². The third-order valence-corrected chi connectivity index (χ3v) is 2.23. The first kappa shape index (κ1) is 10.5. The summed E-state index contributed by atoms with van der Waals surface area (Å²) in [5, 5.41) is -0.0662. The molecule has 0 unspecified atom stereocenters. The predicted molar refractivity (Wildman–Crippen MR) is 52.1 cm³/mol. The van der Waals surface area contributed by atoms with Crippen molar-refractivity contribution in [3.63, 3.8) is 0 Å². The van der Waals surface area contributed by atoms with E-state index in [1.165, 1.54) is 20.1 Å². The van der Waals surface area contributed by atoms with Crippen molar-refractivity contribution in [1.29, 1.82) is 0 Å². The molecule has 0 bridgehead atoms. The lowest BCUT2D eigenvalue weighted by atomic mass is 10.2. The van der Waals surface area contributed by atoms with Crippen molar-refractivity contribution in [2.45, 2.75) is 6.92 Å². The topological polar surface area (TPSA) is 55.0 Å². The number of aromatic amines is 1. The van der Waals surface area contributed by atoms with Crippen LogP contribution in [0, 0.1) is 18.6 Å². The van der Waals surface area contributed by atoms with Crippen molar-refractivity contribution in [2.75, 3.05) is 7.11 Å². The number of aromatic nitrogens is 2. The number of nitrogens with one attached hydrogen (secondary N) is 1. The number of pyridine rings is 1. The molecule has 2 aromatic heterocycles. The second kappa shape index (κ2) is 3.55. The van der Waals surface area contributed by atoms with Crippen LogP contribution in [0.5, 0.6) is 0 Å². The van der Waals surface area contributed by atoms with E-state index < -0.39 is 17.6 Å². The molecular weight excluding hydrogens is 218 g/mol. The van der Waals surface area contributed by atoms with E-state index in [4.69, 9.17) is 0 Å². The van der Waals surface area contributed by atoms with Crippen molar-refractivity contribution in [3.05, 3.63) is 29.1 Å². The average molecular weight is 226 g/mol. The number of nitrogens with zero attached hydrogens (tertiary/aromatic N) is 1. The first-order valence-corrected chi connectivity index (χ1v) is 4.47. The zero-order chi connectivity index (χ0) is 11.9. The largest absolute Gasteiger partial charge is 0.464 e. The molecule has 0 amide bonds. The summed E-state index contributed by atoms with van der Waals surface area (Å²) in [5.41, 5.74) is 0.0916. The molecule has 0 fully saturated rings. The number of methoxy groups -OCH3 is 1. The van der Waals surface area contributed by atoms with Gasteiger partial charge in [0.05, 0.1) is 18.2 Å². The van der Waals surface area contributed by atoms with Gasteiger partial charge in [0, 0.05) is 0 Å². The van der Waals surface area contributed by atoms with E-state index in [2.05, 4.69) is 14.7 Å². The fourth-order valence-corrected chi connectivity index (χ4v) is 1.41. The number of carbonyl (C=O) groups excluding carboxylic acids is 1. The number of carbonyl (C=O) groups is 1. The smallest absolute Gasteiger partial charge is 0.354 e. The average Bonchev–Trinajstić information content (AvgIpc) is 2.69. The van der Waals surface area contributed by atoms with Crippen LogP contribution in [0.4, 0.5) is 8.78 Å². The highest BCUT2D eigenvalue weighted by atomic mass is 19.2. The molecular formula is C10H8F2N2O2. The van der Waals surface area contributed by atoms with Crippen LogP contribution in [0.3, 0.4) is 0 Å². The molecule has 0 spiro atoms. The molecule has 0 aliphatic rings. The summed E-state index contributed by atoms with van der Waals surface area (Å²) in [4.78, 5) is 17.5. The number of fused-ring (bicyclic) bond motifs is 1. The van der Waals surface area contributed by atoms with Crippen molar-refractivity contribution in [2.24, 2.45) is 0 Å². The van der Waals surface area contributed by atoms with Crippen molar-refractivity contribution in [3.8, 4) is 0 Å².